The lowest BCUT2D eigenvalue weighted by Crippen LogP contribution is -2.14. The number of nitro groups is 1. The summed E-state index contributed by atoms with van der Waals surface area (Å²) in [6.07, 6.45) is 1.76. The first kappa shape index (κ1) is 16.0. The highest BCUT2D eigenvalue weighted by Gasteiger charge is 2.17. The Kier molecular flexibility index (Phi) is 4.82. The van der Waals surface area contributed by atoms with Crippen LogP contribution in [0.15, 0.2) is 41.3 Å². The molecule has 0 unspecified atom stereocenters. The van der Waals surface area contributed by atoms with Crippen molar-refractivity contribution >= 4 is 29.0 Å². The van der Waals surface area contributed by atoms with Crippen LogP contribution in [0.4, 0.5) is 11.4 Å². The minimum Gasteiger partial charge on any atom is -0.321 e. The van der Waals surface area contributed by atoms with Gasteiger partial charge in [-0.2, -0.15) is 0 Å². The van der Waals surface area contributed by atoms with Gasteiger partial charge in [-0.15, -0.1) is 11.8 Å². The number of carbonyl (C=O) groups is 1. The molecule has 0 radical (unpaired) electrons. The molecule has 0 bridgehead atoms. The lowest BCUT2D eigenvalue weighted by Gasteiger charge is -2.11. The molecule has 0 aliphatic heterocycles. The van der Waals surface area contributed by atoms with Gasteiger partial charge in [0.25, 0.3) is 11.6 Å². The number of anilines is 1. The standard InChI is InChI=1S/C16H16N2O3S/c1-10-5-4-6-11(2)15(10)17-16(19)12-7-8-14(22-3)13(9-12)18(20)21/h4-9H,1-3H3,(H,17,19). The zero-order chi connectivity index (χ0) is 16.3. The predicted molar refractivity (Wildman–Crippen MR) is 88.7 cm³/mol. The fourth-order valence-corrected chi connectivity index (χ4v) is 2.72. The Morgan fingerprint density at radius 3 is 2.36 bits per heavy atom. The van der Waals surface area contributed by atoms with Gasteiger partial charge in [0, 0.05) is 17.3 Å². The number of hydrogen-bond acceptors (Lipinski definition) is 4. The second kappa shape index (κ2) is 6.62. The summed E-state index contributed by atoms with van der Waals surface area (Å²) in [7, 11) is 0. The van der Waals surface area contributed by atoms with Crippen molar-refractivity contribution in [2.75, 3.05) is 11.6 Å². The van der Waals surface area contributed by atoms with Crippen LogP contribution in [0.1, 0.15) is 21.5 Å². The van der Waals surface area contributed by atoms with E-state index in [0.717, 1.165) is 16.8 Å². The van der Waals surface area contributed by atoms with Crippen LogP contribution in [-0.4, -0.2) is 17.1 Å². The number of aryl methyl sites for hydroxylation is 2. The third-order valence-electron chi connectivity index (χ3n) is 3.36. The summed E-state index contributed by atoms with van der Waals surface area (Å²) in [5.41, 5.74) is 2.85. The molecule has 0 saturated heterocycles. The van der Waals surface area contributed by atoms with Crippen molar-refractivity contribution in [3.8, 4) is 0 Å². The molecule has 0 spiro atoms. The van der Waals surface area contributed by atoms with Gasteiger partial charge in [0.2, 0.25) is 0 Å². The maximum Gasteiger partial charge on any atom is 0.283 e. The van der Waals surface area contributed by atoms with Gasteiger partial charge in [-0.25, -0.2) is 0 Å². The zero-order valence-electron chi connectivity index (χ0n) is 12.5. The summed E-state index contributed by atoms with van der Waals surface area (Å²) in [5.74, 6) is -0.354. The molecule has 0 saturated carbocycles. The van der Waals surface area contributed by atoms with E-state index < -0.39 is 4.92 Å². The number of thioether (sulfide) groups is 1. The van der Waals surface area contributed by atoms with Crippen molar-refractivity contribution in [3.05, 3.63) is 63.2 Å². The lowest BCUT2D eigenvalue weighted by atomic mass is 10.1. The molecule has 5 nitrogen and oxygen atoms in total. The number of rotatable bonds is 4. The molecule has 0 fully saturated rings. The minimum atomic E-state index is -0.471. The van der Waals surface area contributed by atoms with Gasteiger partial charge >= 0.3 is 0 Å². The van der Waals surface area contributed by atoms with E-state index in [1.54, 1.807) is 18.4 Å². The van der Waals surface area contributed by atoms with Crippen LogP contribution in [-0.2, 0) is 0 Å². The average Bonchev–Trinajstić information content (AvgIpc) is 2.50. The molecule has 1 N–H and O–H groups in total. The Morgan fingerprint density at radius 2 is 1.82 bits per heavy atom. The first-order valence-corrected chi connectivity index (χ1v) is 7.86. The molecule has 1 amide bonds. The minimum absolute atomic E-state index is 0.0540. The largest absolute Gasteiger partial charge is 0.321 e. The maximum atomic E-state index is 12.4. The van der Waals surface area contributed by atoms with Crippen LogP contribution >= 0.6 is 11.8 Å². The Hall–Kier alpha value is -2.34. The van der Waals surface area contributed by atoms with Crippen molar-refractivity contribution in [2.24, 2.45) is 0 Å². The van der Waals surface area contributed by atoms with Gasteiger partial charge in [0.1, 0.15) is 0 Å². The van der Waals surface area contributed by atoms with Crippen molar-refractivity contribution in [1.82, 2.24) is 0 Å². The normalized spacial score (nSPS) is 10.3. The van der Waals surface area contributed by atoms with Crippen LogP contribution in [0.5, 0.6) is 0 Å². The summed E-state index contributed by atoms with van der Waals surface area (Å²) in [5, 5.41) is 13.9. The van der Waals surface area contributed by atoms with Gasteiger partial charge in [-0.3, -0.25) is 14.9 Å². The van der Waals surface area contributed by atoms with Gasteiger partial charge in [0.05, 0.1) is 9.82 Å². The highest BCUT2D eigenvalue weighted by atomic mass is 32.2. The van der Waals surface area contributed by atoms with Crippen LogP contribution in [0.2, 0.25) is 0 Å². The second-order valence-electron chi connectivity index (χ2n) is 4.86. The molecule has 2 aromatic rings. The summed E-state index contributed by atoms with van der Waals surface area (Å²) < 4.78 is 0. The molecular formula is C16H16N2O3S. The zero-order valence-corrected chi connectivity index (χ0v) is 13.4. The Bertz CT molecular complexity index is 724. The molecule has 0 aliphatic rings. The van der Waals surface area contributed by atoms with Gasteiger partial charge in [-0.05, 0) is 43.4 Å². The van der Waals surface area contributed by atoms with E-state index in [1.165, 1.54) is 17.8 Å². The molecule has 22 heavy (non-hydrogen) atoms. The highest BCUT2D eigenvalue weighted by molar-refractivity contribution is 7.98. The maximum absolute atomic E-state index is 12.4. The molecule has 114 valence electrons. The van der Waals surface area contributed by atoms with Gasteiger partial charge in [-0.1, -0.05) is 18.2 Å². The van der Waals surface area contributed by atoms with E-state index in [1.807, 2.05) is 32.0 Å². The van der Waals surface area contributed by atoms with E-state index in [0.29, 0.717) is 4.90 Å². The van der Waals surface area contributed by atoms with Crippen molar-refractivity contribution in [3.63, 3.8) is 0 Å². The molecular weight excluding hydrogens is 300 g/mol. The smallest absolute Gasteiger partial charge is 0.283 e. The number of nitro benzene ring substituents is 1. The highest BCUT2D eigenvalue weighted by Crippen LogP contribution is 2.29. The number of para-hydroxylation sites is 1. The number of carbonyl (C=O) groups excluding carboxylic acids is 1. The summed E-state index contributed by atoms with van der Waals surface area (Å²) in [4.78, 5) is 23.5. The predicted octanol–water partition coefficient (Wildman–Crippen LogP) is 4.19. The Balaban J connectivity index is 2.34. The van der Waals surface area contributed by atoms with Crippen molar-refractivity contribution in [2.45, 2.75) is 18.7 Å². The Labute approximate surface area is 132 Å². The molecule has 0 aromatic heterocycles. The van der Waals surface area contributed by atoms with E-state index >= 15 is 0 Å². The van der Waals surface area contributed by atoms with Crippen molar-refractivity contribution in [1.29, 1.82) is 0 Å². The second-order valence-corrected chi connectivity index (χ2v) is 5.71. The van der Waals surface area contributed by atoms with Crippen LogP contribution in [0, 0.1) is 24.0 Å². The van der Waals surface area contributed by atoms with E-state index in [-0.39, 0.29) is 17.2 Å². The van der Waals surface area contributed by atoms with Crippen LogP contribution in [0.25, 0.3) is 0 Å². The quantitative estimate of drug-likeness (QED) is 0.521. The van der Waals surface area contributed by atoms with Crippen LogP contribution in [0.3, 0.4) is 0 Å². The van der Waals surface area contributed by atoms with Crippen LogP contribution < -0.4 is 5.32 Å². The number of benzene rings is 2. The fraction of sp³-hybridized carbons (Fsp3) is 0.188. The molecule has 2 aromatic carbocycles. The molecule has 2 rings (SSSR count). The third-order valence-corrected chi connectivity index (χ3v) is 4.14. The van der Waals surface area contributed by atoms with E-state index in [2.05, 4.69) is 5.32 Å². The molecule has 0 heterocycles. The first-order valence-electron chi connectivity index (χ1n) is 6.64. The van der Waals surface area contributed by atoms with Gasteiger partial charge in [0.15, 0.2) is 0 Å². The molecule has 6 heteroatoms. The average molecular weight is 316 g/mol. The SMILES string of the molecule is CSc1ccc(C(=O)Nc2c(C)cccc2C)cc1[N+](=O)[O-]. The number of nitrogens with zero attached hydrogens (tertiary/aromatic N) is 1. The monoisotopic (exact) mass is 316 g/mol. The third kappa shape index (κ3) is 3.28. The summed E-state index contributed by atoms with van der Waals surface area (Å²) in [6.45, 7) is 3.81. The first-order chi connectivity index (χ1) is 10.4. The summed E-state index contributed by atoms with van der Waals surface area (Å²) >= 11 is 1.28. The van der Waals surface area contributed by atoms with Gasteiger partial charge < -0.3 is 5.32 Å². The number of amides is 1. The number of hydrogen-bond donors (Lipinski definition) is 1. The molecule has 0 aliphatic carbocycles. The lowest BCUT2D eigenvalue weighted by molar-refractivity contribution is -0.387. The topological polar surface area (TPSA) is 72.2 Å². The van der Waals surface area contributed by atoms with E-state index in [4.69, 9.17) is 0 Å². The van der Waals surface area contributed by atoms with E-state index in [9.17, 15) is 14.9 Å². The Morgan fingerprint density at radius 1 is 1.18 bits per heavy atom. The molecule has 0 atom stereocenters. The fourth-order valence-electron chi connectivity index (χ4n) is 2.17. The summed E-state index contributed by atoms with van der Waals surface area (Å²) in [6, 6.07) is 10.2. The number of nitrogens with one attached hydrogen (secondary N) is 1. The van der Waals surface area contributed by atoms with Crippen molar-refractivity contribution < 1.29 is 9.72 Å².